The van der Waals surface area contributed by atoms with Crippen molar-refractivity contribution in [3.05, 3.63) is 127 Å². The monoisotopic (exact) mass is 721 g/mol. The predicted molar refractivity (Wildman–Crippen MR) is 159 cm³/mol. The average Bonchev–Trinajstić information content (AvgIpc) is 2.94. The number of hydrazone groups is 1. The van der Waals surface area contributed by atoms with Crippen molar-refractivity contribution in [2.24, 2.45) is 5.10 Å². The van der Waals surface area contributed by atoms with Gasteiger partial charge in [0, 0.05) is 31.9 Å². The van der Waals surface area contributed by atoms with E-state index in [9.17, 15) is 27.6 Å². The number of carbonyl (C=O) groups excluding carboxylic acids is 3. The van der Waals surface area contributed by atoms with E-state index in [2.05, 4.69) is 47.7 Å². The minimum absolute atomic E-state index is 0.110. The van der Waals surface area contributed by atoms with Gasteiger partial charge in [-0.15, -0.1) is 0 Å². The number of carbonyl (C=O) groups is 3. The lowest BCUT2D eigenvalue weighted by Crippen LogP contribution is -2.19. The van der Waals surface area contributed by atoms with Gasteiger partial charge in [0.05, 0.1) is 21.8 Å². The Kier molecular flexibility index (Phi) is 9.81. The van der Waals surface area contributed by atoms with Gasteiger partial charge in [-0.2, -0.15) is 18.3 Å². The van der Waals surface area contributed by atoms with Crippen molar-refractivity contribution >= 4 is 73.1 Å². The number of amides is 2. The van der Waals surface area contributed by atoms with E-state index in [4.69, 9.17) is 16.3 Å². The lowest BCUT2D eigenvalue weighted by Gasteiger charge is -2.11. The summed E-state index contributed by atoms with van der Waals surface area (Å²) in [5.41, 5.74) is 2.10. The van der Waals surface area contributed by atoms with Crippen LogP contribution in [0.2, 0.25) is 5.02 Å². The normalized spacial score (nSPS) is 11.3. The van der Waals surface area contributed by atoms with Gasteiger partial charge in [0.1, 0.15) is 0 Å². The maximum atomic E-state index is 13.0. The maximum Gasteiger partial charge on any atom is 0.416 e. The van der Waals surface area contributed by atoms with Gasteiger partial charge in [-0.05, 0) is 88.7 Å². The molecule has 4 aromatic carbocycles. The largest absolute Gasteiger partial charge is 0.421 e. The molecular weight excluding hydrogens is 707 g/mol. The first-order valence-corrected chi connectivity index (χ1v) is 13.8. The minimum atomic E-state index is -4.60. The van der Waals surface area contributed by atoms with Gasteiger partial charge in [-0.3, -0.25) is 9.59 Å². The molecule has 7 nitrogen and oxygen atoms in total. The Morgan fingerprint density at radius 3 is 2.19 bits per heavy atom. The summed E-state index contributed by atoms with van der Waals surface area (Å²) < 4.78 is 45.6. The molecule has 0 heterocycles. The summed E-state index contributed by atoms with van der Waals surface area (Å²) in [6, 6.07) is 19.2. The van der Waals surface area contributed by atoms with Gasteiger partial charge in [-0.1, -0.05) is 39.7 Å². The molecule has 0 aromatic heterocycles. The number of benzene rings is 4. The number of hydrogen-bond donors (Lipinski definition) is 2. The van der Waals surface area contributed by atoms with Gasteiger partial charge in [0.25, 0.3) is 11.8 Å². The summed E-state index contributed by atoms with van der Waals surface area (Å²) in [5.74, 6) is -1.92. The number of hydrogen-bond acceptors (Lipinski definition) is 5. The molecule has 2 N–H and O–H groups in total. The van der Waals surface area contributed by atoms with Crippen LogP contribution in [0.4, 0.5) is 18.9 Å². The zero-order chi connectivity index (χ0) is 30.4. The highest BCUT2D eigenvalue weighted by atomic mass is 79.9. The molecule has 0 aliphatic carbocycles. The van der Waals surface area contributed by atoms with Crippen molar-refractivity contribution in [3.8, 4) is 5.75 Å². The number of nitrogens with one attached hydrogen (secondary N) is 2. The van der Waals surface area contributed by atoms with E-state index in [0.29, 0.717) is 19.5 Å². The second kappa shape index (κ2) is 13.3. The van der Waals surface area contributed by atoms with E-state index < -0.39 is 29.5 Å². The van der Waals surface area contributed by atoms with Crippen LogP contribution in [0.5, 0.6) is 5.75 Å². The molecule has 214 valence electrons. The summed E-state index contributed by atoms with van der Waals surface area (Å²) in [6.07, 6.45) is -3.32. The molecule has 0 spiro atoms. The van der Waals surface area contributed by atoms with Crippen molar-refractivity contribution < 1.29 is 32.3 Å². The van der Waals surface area contributed by atoms with E-state index in [-0.39, 0.29) is 28.1 Å². The summed E-state index contributed by atoms with van der Waals surface area (Å²) in [6.45, 7) is 0. The van der Waals surface area contributed by atoms with Gasteiger partial charge in [0.2, 0.25) is 0 Å². The summed E-state index contributed by atoms with van der Waals surface area (Å²) >= 11 is 12.6. The number of nitrogens with zero attached hydrogens (tertiary/aromatic N) is 1. The van der Waals surface area contributed by atoms with Crippen LogP contribution >= 0.6 is 43.5 Å². The fourth-order valence-corrected chi connectivity index (χ4v) is 4.99. The standard InChI is InChI=1S/C29H17Br2ClF3N3O4/c30-21-12-19(25(24(31)14-21)42-28(41)16-7-9-22(32)10-8-16)15-36-38-27(40)18-4-2-6-23(13-18)37-26(39)17-3-1-5-20(11-17)29(33,34)35/h1-15H,(H,37,39)(H,38,40). The van der Waals surface area contributed by atoms with Crippen LogP contribution in [-0.4, -0.2) is 24.0 Å². The predicted octanol–water partition coefficient (Wildman–Crippen LogP) is 8.12. The highest BCUT2D eigenvalue weighted by molar-refractivity contribution is 9.11. The molecule has 0 bridgehead atoms. The molecule has 42 heavy (non-hydrogen) atoms. The molecule has 4 rings (SSSR count). The van der Waals surface area contributed by atoms with Crippen molar-refractivity contribution in [1.82, 2.24) is 5.43 Å². The van der Waals surface area contributed by atoms with Crippen LogP contribution in [0.25, 0.3) is 0 Å². The van der Waals surface area contributed by atoms with E-state index >= 15 is 0 Å². The minimum Gasteiger partial charge on any atom is -0.421 e. The quantitative estimate of drug-likeness (QED) is 0.0872. The maximum absolute atomic E-state index is 13.0. The summed E-state index contributed by atoms with van der Waals surface area (Å²) in [4.78, 5) is 37.9. The van der Waals surface area contributed by atoms with Gasteiger partial charge in [0.15, 0.2) is 5.75 Å². The Balaban J connectivity index is 1.46. The van der Waals surface area contributed by atoms with Crippen molar-refractivity contribution in [1.29, 1.82) is 0 Å². The third-order valence-electron chi connectivity index (χ3n) is 5.52. The third kappa shape index (κ3) is 8.05. The van der Waals surface area contributed by atoms with Crippen molar-refractivity contribution in [2.75, 3.05) is 5.32 Å². The lowest BCUT2D eigenvalue weighted by atomic mass is 10.1. The highest BCUT2D eigenvalue weighted by Crippen LogP contribution is 2.33. The van der Waals surface area contributed by atoms with Crippen molar-refractivity contribution in [3.63, 3.8) is 0 Å². The Morgan fingerprint density at radius 2 is 1.50 bits per heavy atom. The number of rotatable bonds is 7. The molecule has 2 amide bonds. The van der Waals surface area contributed by atoms with Gasteiger partial charge >= 0.3 is 12.1 Å². The smallest absolute Gasteiger partial charge is 0.416 e. The molecule has 0 atom stereocenters. The zero-order valence-corrected chi connectivity index (χ0v) is 24.9. The SMILES string of the molecule is O=C(NN=Cc1cc(Br)cc(Br)c1OC(=O)c1ccc(Cl)cc1)c1cccc(NC(=O)c2cccc(C(F)(F)F)c2)c1. The molecule has 0 unspecified atom stereocenters. The van der Waals surface area contributed by atoms with Crippen LogP contribution in [0.15, 0.2) is 99.0 Å². The third-order valence-corrected chi connectivity index (χ3v) is 6.82. The second-order valence-electron chi connectivity index (χ2n) is 8.51. The highest BCUT2D eigenvalue weighted by Gasteiger charge is 2.31. The molecule has 0 aliphatic heterocycles. The van der Waals surface area contributed by atoms with Crippen LogP contribution in [-0.2, 0) is 6.18 Å². The van der Waals surface area contributed by atoms with Gasteiger partial charge in [-0.25, -0.2) is 10.2 Å². The molecule has 0 saturated carbocycles. The molecule has 4 aromatic rings. The first kappa shape index (κ1) is 30.9. The summed E-state index contributed by atoms with van der Waals surface area (Å²) in [5, 5.41) is 6.89. The van der Waals surface area contributed by atoms with E-state index in [0.717, 1.165) is 18.2 Å². The van der Waals surface area contributed by atoms with Crippen LogP contribution < -0.4 is 15.5 Å². The second-order valence-corrected chi connectivity index (χ2v) is 10.7. The molecule has 0 radical (unpaired) electrons. The van der Waals surface area contributed by atoms with Gasteiger partial charge < -0.3 is 10.1 Å². The number of alkyl halides is 3. The number of ether oxygens (including phenoxy) is 1. The Morgan fingerprint density at radius 1 is 0.833 bits per heavy atom. The average molecular weight is 724 g/mol. The molecule has 0 aliphatic rings. The molecule has 0 saturated heterocycles. The van der Waals surface area contributed by atoms with Crippen molar-refractivity contribution in [2.45, 2.75) is 6.18 Å². The zero-order valence-electron chi connectivity index (χ0n) is 21.0. The van der Waals surface area contributed by atoms with Crippen LogP contribution in [0, 0.1) is 0 Å². The Hall–Kier alpha value is -4.00. The van der Waals surface area contributed by atoms with E-state index in [1.807, 2.05) is 0 Å². The molecular formula is C29H17Br2ClF3N3O4. The number of esters is 1. The topological polar surface area (TPSA) is 96.9 Å². The lowest BCUT2D eigenvalue weighted by molar-refractivity contribution is -0.137. The van der Waals surface area contributed by atoms with Crippen LogP contribution in [0.3, 0.4) is 0 Å². The number of anilines is 1. The number of halogens is 6. The molecule has 13 heteroatoms. The Labute approximate surface area is 259 Å². The van der Waals surface area contributed by atoms with Crippen LogP contribution in [0.1, 0.15) is 42.2 Å². The fraction of sp³-hybridized carbons (Fsp3) is 0.0345. The van der Waals surface area contributed by atoms with E-state index in [1.54, 1.807) is 24.3 Å². The molecule has 0 fully saturated rings. The van der Waals surface area contributed by atoms with E-state index in [1.165, 1.54) is 48.7 Å². The Bertz CT molecular complexity index is 1700. The first-order chi connectivity index (χ1) is 19.9. The summed E-state index contributed by atoms with van der Waals surface area (Å²) in [7, 11) is 0. The first-order valence-electron chi connectivity index (χ1n) is 11.8. The fourth-order valence-electron chi connectivity index (χ4n) is 3.52.